The summed E-state index contributed by atoms with van der Waals surface area (Å²) in [5.74, 6) is -0.0521. The third kappa shape index (κ3) is 4.93. The number of rotatable bonds is 5. The van der Waals surface area contributed by atoms with Crippen LogP contribution in [-0.4, -0.2) is 31.1 Å². The van der Waals surface area contributed by atoms with Gasteiger partial charge in [0.1, 0.15) is 5.75 Å². The zero-order valence-electron chi connectivity index (χ0n) is 14.6. The van der Waals surface area contributed by atoms with Gasteiger partial charge in [0, 0.05) is 24.3 Å². The maximum Gasteiger partial charge on any atom is 0.387 e. The van der Waals surface area contributed by atoms with E-state index < -0.39 is 12.6 Å². The molecule has 1 heterocycles. The van der Waals surface area contributed by atoms with E-state index in [-0.39, 0.29) is 24.1 Å². The number of benzene rings is 2. The van der Waals surface area contributed by atoms with Crippen LogP contribution in [0.1, 0.15) is 12.0 Å². The van der Waals surface area contributed by atoms with Crippen LogP contribution in [0.2, 0.25) is 0 Å². The number of aryl methyl sites for hydroxylation is 1. The summed E-state index contributed by atoms with van der Waals surface area (Å²) in [6, 6.07) is 12.4. The summed E-state index contributed by atoms with van der Waals surface area (Å²) in [5, 5.41) is 5.36. The van der Waals surface area contributed by atoms with Gasteiger partial charge >= 0.3 is 12.6 Å². The lowest BCUT2D eigenvalue weighted by atomic mass is 10.2. The minimum Gasteiger partial charge on any atom is -0.435 e. The Bertz CT molecular complexity index is 810. The largest absolute Gasteiger partial charge is 0.435 e. The van der Waals surface area contributed by atoms with Crippen LogP contribution < -0.4 is 20.3 Å². The fraction of sp³-hybridized carbons (Fsp3) is 0.263. The molecule has 0 saturated carbocycles. The van der Waals surface area contributed by atoms with Crippen LogP contribution in [-0.2, 0) is 4.79 Å². The minimum absolute atomic E-state index is 0.00564. The fourth-order valence-corrected chi connectivity index (χ4v) is 2.85. The number of alkyl halides is 2. The summed E-state index contributed by atoms with van der Waals surface area (Å²) in [7, 11) is 0. The highest BCUT2D eigenvalue weighted by molar-refractivity contribution is 5.97. The van der Waals surface area contributed by atoms with Crippen molar-refractivity contribution in [2.75, 3.05) is 16.8 Å². The molecule has 2 N–H and O–H groups in total. The first kappa shape index (κ1) is 18.6. The Hall–Kier alpha value is -3.16. The van der Waals surface area contributed by atoms with Gasteiger partial charge < -0.3 is 20.3 Å². The van der Waals surface area contributed by atoms with Crippen LogP contribution in [0.3, 0.4) is 0 Å². The summed E-state index contributed by atoms with van der Waals surface area (Å²) in [6.07, 6.45) is 0.211. The molecule has 142 valence electrons. The molecule has 2 aromatic rings. The molecule has 0 bridgehead atoms. The molecule has 3 rings (SSSR count). The highest BCUT2D eigenvalue weighted by atomic mass is 19.3. The molecule has 0 radical (unpaired) electrons. The molecule has 1 saturated heterocycles. The first-order chi connectivity index (χ1) is 12.9. The second-order valence-electron chi connectivity index (χ2n) is 6.24. The van der Waals surface area contributed by atoms with Gasteiger partial charge in [0.25, 0.3) is 0 Å². The van der Waals surface area contributed by atoms with Crippen LogP contribution in [0, 0.1) is 6.92 Å². The number of nitrogens with one attached hydrogen (secondary N) is 2. The van der Waals surface area contributed by atoms with Crippen molar-refractivity contribution in [2.24, 2.45) is 0 Å². The molecule has 1 fully saturated rings. The minimum atomic E-state index is -2.90. The molecule has 3 amide bonds. The average Bonchev–Trinajstić information content (AvgIpc) is 2.97. The third-order valence-corrected chi connectivity index (χ3v) is 4.14. The lowest BCUT2D eigenvalue weighted by Gasteiger charge is -2.17. The number of ether oxygens (including phenoxy) is 1. The quantitative estimate of drug-likeness (QED) is 0.840. The van der Waals surface area contributed by atoms with Crippen molar-refractivity contribution >= 4 is 23.3 Å². The summed E-state index contributed by atoms with van der Waals surface area (Å²) in [5.41, 5.74) is 2.32. The Morgan fingerprint density at radius 1 is 1.15 bits per heavy atom. The van der Waals surface area contributed by atoms with Crippen molar-refractivity contribution in [3.63, 3.8) is 0 Å². The van der Waals surface area contributed by atoms with Crippen LogP contribution in [0.15, 0.2) is 48.5 Å². The second kappa shape index (κ2) is 8.03. The molecule has 6 nitrogen and oxygen atoms in total. The first-order valence-electron chi connectivity index (χ1n) is 8.40. The van der Waals surface area contributed by atoms with Crippen molar-refractivity contribution in [1.82, 2.24) is 5.32 Å². The Balaban J connectivity index is 1.54. The first-order valence-corrected chi connectivity index (χ1v) is 8.40. The molecule has 8 heteroatoms. The smallest absolute Gasteiger partial charge is 0.387 e. The Morgan fingerprint density at radius 2 is 1.81 bits per heavy atom. The molecule has 0 spiro atoms. The molecule has 1 aliphatic heterocycles. The summed E-state index contributed by atoms with van der Waals surface area (Å²) in [6.45, 7) is -0.545. The Morgan fingerprint density at radius 3 is 2.44 bits per heavy atom. The number of anilines is 2. The van der Waals surface area contributed by atoms with E-state index in [9.17, 15) is 18.4 Å². The topological polar surface area (TPSA) is 70.7 Å². The van der Waals surface area contributed by atoms with E-state index in [0.29, 0.717) is 12.2 Å². The van der Waals surface area contributed by atoms with Gasteiger partial charge in [0.2, 0.25) is 5.91 Å². The molecule has 0 unspecified atom stereocenters. The van der Waals surface area contributed by atoms with Gasteiger partial charge in [-0.05, 0) is 43.3 Å². The SMILES string of the molecule is Cc1ccc(N2C[C@H](NC(=O)Nc3ccc(OC(F)F)cc3)CC2=O)cc1. The standard InChI is InChI=1S/C19H19F2N3O3/c1-12-2-6-15(7-3-12)24-11-14(10-17(24)25)23-19(26)22-13-4-8-16(9-5-13)27-18(20)21/h2-9,14,18H,10-11H2,1H3,(H2,22,23,26)/t14-/m1/s1. The predicted molar refractivity (Wildman–Crippen MR) is 97.2 cm³/mol. The average molecular weight is 375 g/mol. The predicted octanol–water partition coefficient (Wildman–Crippen LogP) is 3.52. The lowest BCUT2D eigenvalue weighted by molar-refractivity contribution is -0.117. The van der Waals surface area contributed by atoms with Gasteiger partial charge in [-0.25, -0.2) is 4.79 Å². The fourth-order valence-electron chi connectivity index (χ4n) is 2.85. The molecule has 2 aromatic carbocycles. The van der Waals surface area contributed by atoms with Crippen molar-refractivity contribution in [1.29, 1.82) is 0 Å². The number of amides is 3. The molecule has 0 aliphatic carbocycles. The molecule has 27 heavy (non-hydrogen) atoms. The van der Waals surface area contributed by atoms with Gasteiger partial charge in [0.15, 0.2) is 0 Å². The number of carbonyl (C=O) groups excluding carboxylic acids is 2. The van der Waals surface area contributed by atoms with Crippen molar-refractivity contribution in [3.8, 4) is 5.75 Å². The van der Waals surface area contributed by atoms with E-state index >= 15 is 0 Å². The normalized spacial score (nSPS) is 16.5. The Kier molecular flexibility index (Phi) is 5.54. The van der Waals surface area contributed by atoms with Gasteiger partial charge in [-0.15, -0.1) is 0 Å². The number of urea groups is 1. The van der Waals surface area contributed by atoms with Gasteiger partial charge in [-0.3, -0.25) is 4.79 Å². The van der Waals surface area contributed by atoms with Gasteiger partial charge in [-0.1, -0.05) is 17.7 Å². The lowest BCUT2D eigenvalue weighted by Crippen LogP contribution is -2.39. The summed E-state index contributed by atoms with van der Waals surface area (Å²) < 4.78 is 28.5. The van der Waals surface area contributed by atoms with Crippen molar-refractivity contribution in [3.05, 3.63) is 54.1 Å². The van der Waals surface area contributed by atoms with E-state index in [1.807, 2.05) is 31.2 Å². The summed E-state index contributed by atoms with van der Waals surface area (Å²) >= 11 is 0. The van der Waals surface area contributed by atoms with Crippen LogP contribution in [0.4, 0.5) is 25.0 Å². The zero-order chi connectivity index (χ0) is 19.4. The second-order valence-corrected chi connectivity index (χ2v) is 6.24. The van der Waals surface area contributed by atoms with E-state index in [0.717, 1.165) is 11.3 Å². The molecule has 0 aromatic heterocycles. The van der Waals surface area contributed by atoms with E-state index in [2.05, 4.69) is 15.4 Å². The van der Waals surface area contributed by atoms with E-state index in [4.69, 9.17) is 0 Å². The van der Waals surface area contributed by atoms with Crippen molar-refractivity contribution < 1.29 is 23.1 Å². The molecule has 1 atom stereocenters. The van der Waals surface area contributed by atoms with E-state index in [1.54, 1.807) is 4.90 Å². The number of carbonyl (C=O) groups is 2. The maximum absolute atomic E-state index is 12.2. The van der Waals surface area contributed by atoms with Gasteiger partial charge in [-0.2, -0.15) is 8.78 Å². The summed E-state index contributed by atoms with van der Waals surface area (Å²) in [4.78, 5) is 26.0. The number of halogens is 2. The van der Waals surface area contributed by atoms with Gasteiger partial charge in [0.05, 0.1) is 6.04 Å². The van der Waals surface area contributed by atoms with Crippen LogP contribution >= 0.6 is 0 Å². The van der Waals surface area contributed by atoms with Crippen molar-refractivity contribution in [2.45, 2.75) is 26.0 Å². The van der Waals surface area contributed by atoms with Crippen LogP contribution in [0.5, 0.6) is 5.75 Å². The molecule has 1 aliphatic rings. The third-order valence-electron chi connectivity index (χ3n) is 4.14. The maximum atomic E-state index is 12.2. The highest BCUT2D eigenvalue weighted by Gasteiger charge is 2.31. The van der Waals surface area contributed by atoms with Crippen LogP contribution in [0.25, 0.3) is 0 Å². The zero-order valence-corrected chi connectivity index (χ0v) is 14.6. The highest BCUT2D eigenvalue weighted by Crippen LogP contribution is 2.22. The van der Waals surface area contributed by atoms with E-state index in [1.165, 1.54) is 24.3 Å². The number of hydrogen-bond acceptors (Lipinski definition) is 3. The molecular formula is C19H19F2N3O3. The monoisotopic (exact) mass is 375 g/mol. The molecular weight excluding hydrogens is 356 g/mol. The number of nitrogens with zero attached hydrogens (tertiary/aromatic N) is 1. The Labute approximate surface area is 155 Å². The number of hydrogen-bond donors (Lipinski definition) is 2.